The number of aryl methyl sites for hydroxylation is 1. The molecule has 15 heteroatoms. The second kappa shape index (κ2) is 9.17. The van der Waals surface area contributed by atoms with Crippen LogP contribution in [-0.4, -0.2) is 74.4 Å². The molecule has 2 fully saturated rings. The second-order valence-corrected chi connectivity index (χ2v) is 10.9. The molecule has 0 spiro atoms. The van der Waals surface area contributed by atoms with Crippen LogP contribution in [0.2, 0.25) is 0 Å². The maximum Gasteiger partial charge on any atom is 0.423 e. The lowest BCUT2D eigenvalue weighted by atomic mass is 10.0. The lowest BCUT2D eigenvalue weighted by Crippen LogP contribution is -2.50. The summed E-state index contributed by atoms with van der Waals surface area (Å²) in [7, 11) is -2.38. The summed E-state index contributed by atoms with van der Waals surface area (Å²) >= 11 is 0. The van der Waals surface area contributed by atoms with Gasteiger partial charge in [0.05, 0.1) is 18.0 Å². The van der Waals surface area contributed by atoms with Crippen molar-refractivity contribution in [3.8, 4) is 5.88 Å². The Morgan fingerprint density at radius 3 is 2.60 bits per heavy atom. The van der Waals surface area contributed by atoms with E-state index in [1.807, 2.05) is 0 Å². The van der Waals surface area contributed by atoms with Gasteiger partial charge < -0.3 is 19.7 Å². The van der Waals surface area contributed by atoms with Crippen molar-refractivity contribution in [3.05, 3.63) is 24.3 Å². The van der Waals surface area contributed by atoms with E-state index in [4.69, 9.17) is 4.74 Å². The molecule has 2 aromatic rings. The van der Waals surface area contributed by atoms with Crippen LogP contribution >= 0.6 is 0 Å². The van der Waals surface area contributed by atoms with E-state index in [9.17, 15) is 31.1 Å². The summed E-state index contributed by atoms with van der Waals surface area (Å²) in [5.74, 6) is -1.05. The highest BCUT2D eigenvalue weighted by atomic mass is 32.2. The van der Waals surface area contributed by atoms with E-state index in [1.54, 1.807) is 7.05 Å². The second-order valence-electron chi connectivity index (χ2n) is 9.06. The van der Waals surface area contributed by atoms with Gasteiger partial charge in [0.1, 0.15) is 17.8 Å². The number of piperidine rings is 1. The molecule has 0 radical (unpaired) electrons. The number of hydrogen-bond acceptors (Lipinski definition) is 8. The van der Waals surface area contributed by atoms with Crippen molar-refractivity contribution in [3.63, 3.8) is 0 Å². The number of rotatable bonds is 6. The molecule has 1 saturated heterocycles. The number of aliphatic hydroxyl groups is 1. The molecule has 0 bridgehead atoms. The molecule has 0 amide bonds. The molecule has 4 atom stereocenters. The van der Waals surface area contributed by atoms with Gasteiger partial charge in [0.25, 0.3) is 10.0 Å². The monoisotopic (exact) mass is 522 g/mol. The number of sulfonamides is 1. The van der Waals surface area contributed by atoms with E-state index >= 15 is 0 Å². The number of hydrogen-bond donors (Lipinski definition) is 2. The number of nitrogens with zero attached hydrogens (tertiary/aromatic N) is 5. The van der Waals surface area contributed by atoms with Crippen molar-refractivity contribution in [2.75, 3.05) is 18.4 Å². The minimum atomic E-state index is -4.80. The first kappa shape index (κ1) is 25.6. The fourth-order valence-corrected chi connectivity index (χ4v) is 5.66. The van der Waals surface area contributed by atoms with Crippen molar-refractivity contribution in [1.82, 2.24) is 23.8 Å². The Balaban J connectivity index is 1.49. The predicted molar refractivity (Wildman–Crippen MR) is 115 cm³/mol. The summed E-state index contributed by atoms with van der Waals surface area (Å²) in [6.45, 7) is 0.982. The molecule has 194 valence electrons. The highest BCUT2D eigenvalue weighted by Gasteiger charge is 2.43. The minimum absolute atomic E-state index is 0.0190. The minimum Gasteiger partial charge on any atom is -0.471 e. The highest BCUT2D eigenvalue weighted by Crippen LogP contribution is 2.39. The molecule has 1 saturated carbocycles. The summed E-state index contributed by atoms with van der Waals surface area (Å²) in [5, 5.41) is 12.8. The van der Waals surface area contributed by atoms with Crippen LogP contribution in [0.5, 0.6) is 5.88 Å². The molecule has 2 aromatic heterocycles. The molecule has 2 unspecified atom stereocenters. The van der Waals surface area contributed by atoms with Gasteiger partial charge in [0.2, 0.25) is 11.8 Å². The van der Waals surface area contributed by atoms with Gasteiger partial charge in [-0.25, -0.2) is 22.8 Å². The first-order chi connectivity index (χ1) is 16.3. The Bertz CT molecular complexity index is 1170. The van der Waals surface area contributed by atoms with E-state index in [0.29, 0.717) is 25.5 Å². The van der Waals surface area contributed by atoms with Gasteiger partial charge in [-0.3, -0.25) is 0 Å². The average Bonchev–Trinajstić information content (AvgIpc) is 3.34. The highest BCUT2D eigenvalue weighted by molar-refractivity contribution is 7.89. The summed E-state index contributed by atoms with van der Waals surface area (Å²) in [6.07, 6.45) is -2.87. The number of anilines is 1. The Hall–Kier alpha value is -2.52. The van der Waals surface area contributed by atoms with Crippen molar-refractivity contribution >= 4 is 16.0 Å². The van der Waals surface area contributed by atoms with E-state index in [0.717, 1.165) is 4.31 Å². The predicted octanol–water partition coefficient (Wildman–Crippen LogP) is 2.12. The number of halogens is 4. The number of imidazole rings is 1. The quantitative estimate of drug-likeness (QED) is 0.554. The largest absolute Gasteiger partial charge is 0.471 e. The van der Waals surface area contributed by atoms with Crippen LogP contribution < -0.4 is 10.1 Å². The standard InChI is InChI=1S/C20H26F4N6O4S/c1-19(31)6-3-4-15(19)34-17-12(20(22,23)24)8-25-18(28-17)27-14-5-7-30(9-13(14)21)35(32,33)16-10-29(2)11-26-16/h8,10-11,13-15,31H,3-7,9H2,1-2H3,(H,25,27,28)/t13-,14-,15?,19?/m1/s1. The topological polar surface area (TPSA) is 122 Å². The number of ether oxygens (including phenoxy) is 1. The molecule has 2 aliphatic rings. The van der Waals surface area contributed by atoms with Gasteiger partial charge in [0, 0.05) is 32.5 Å². The normalized spacial score (nSPS) is 28.3. The Kier molecular flexibility index (Phi) is 6.70. The SMILES string of the molecule is Cn1cnc(S(=O)(=O)N2CC[C@@H](Nc3ncc(C(F)(F)F)c(OC4CCCC4(C)O)n3)[C@H](F)C2)c1. The molecule has 0 aromatic carbocycles. The van der Waals surface area contributed by atoms with Crippen molar-refractivity contribution in [1.29, 1.82) is 0 Å². The lowest BCUT2D eigenvalue weighted by molar-refractivity contribution is -0.141. The maximum atomic E-state index is 14.9. The number of aromatic nitrogens is 4. The summed E-state index contributed by atoms with van der Waals surface area (Å²) in [6, 6.07) is -0.940. The zero-order valence-corrected chi connectivity index (χ0v) is 19.9. The molecule has 3 heterocycles. The molecule has 2 N–H and O–H groups in total. The molecule has 4 rings (SSSR count). The number of nitrogens with one attached hydrogen (secondary N) is 1. The summed E-state index contributed by atoms with van der Waals surface area (Å²) < 4.78 is 88.7. The molecule has 35 heavy (non-hydrogen) atoms. The fourth-order valence-electron chi connectivity index (χ4n) is 4.24. The third-order valence-electron chi connectivity index (χ3n) is 6.26. The van der Waals surface area contributed by atoms with Crippen LogP contribution in [0.15, 0.2) is 23.7 Å². The van der Waals surface area contributed by atoms with E-state index in [1.165, 1.54) is 24.0 Å². The van der Waals surface area contributed by atoms with Gasteiger partial charge in [0.15, 0.2) is 5.03 Å². The van der Waals surface area contributed by atoms with Gasteiger partial charge in [-0.15, -0.1) is 0 Å². The van der Waals surface area contributed by atoms with Crippen molar-refractivity contribution in [2.24, 2.45) is 7.05 Å². The lowest BCUT2D eigenvalue weighted by Gasteiger charge is -2.34. The van der Waals surface area contributed by atoms with Crippen molar-refractivity contribution < 1.29 is 35.8 Å². The number of alkyl halides is 4. The maximum absolute atomic E-state index is 14.9. The van der Waals surface area contributed by atoms with Crippen LogP contribution in [0.25, 0.3) is 0 Å². The fraction of sp³-hybridized carbons (Fsp3) is 0.650. The summed E-state index contributed by atoms with van der Waals surface area (Å²) in [5.41, 5.74) is -2.52. The van der Waals surface area contributed by atoms with Crippen LogP contribution in [0.4, 0.5) is 23.5 Å². The van der Waals surface area contributed by atoms with Gasteiger partial charge >= 0.3 is 6.18 Å². The van der Waals surface area contributed by atoms with E-state index < -0.39 is 58.1 Å². The van der Waals surface area contributed by atoms with Crippen LogP contribution in [-0.2, 0) is 23.2 Å². The van der Waals surface area contributed by atoms with Crippen molar-refractivity contribution in [2.45, 2.75) is 67.7 Å². The molecule has 10 nitrogen and oxygen atoms in total. The Morgan fingerprint density at radius 2 is 2.03 bits per heavy atom. The van der Waals surface area contributed by atoms with Gasteiger partial charge in [-0.1, -0.05) is 0 Å². The third kappa shape index (κ3) is 5.35. The Labute approximate surface area is 199 Å². The van der Waals surface area contributed by atoms with Crippen LogP contribution in [0, 0.1) is 0 Å². The van der Waals surface area contributed by atoms with E-state index in [-0.39, 0.29) is 23.9 Å². The first-order valence-electron chi connectivity index (χ1n) is 11.0. The zero-order chi connectivity index (χ0) is 25.6. The molecular weight excluding hydrogens is 496 g/mol. The zero-order valence-electron chi connectivity index (χ0n) is 19.0. The average molecular weight is 523 g/mol. The first-order valence-corrected chi connectivity index (χ1v) is 12.4. The van der Waals surface area contributed by atoms with Gasteiger partial charge in [-0.2, -0.15) is 22.5 Å². The smallest absolute Gasteiger partial charge is 0.423 e. The van der Waals surface area contributed by atoms with E-state index in [2.05, 4.69) is 20.3 Å². The summed E-state index contributed by atoms with van der Waals surface area (Å²) in [4.78, 5) is 11.3. The molecule has 1 aliphatic carbocycles. The van der Waals surface area contributed by atoms with Crippen LogP contribution in [0.1, 0.15) is 38.2 Å². The molecular formula is C20H26F4N6O4S. The Morgan fingerprint density at radius 1 is 1.29 bits per heavy atom. The third-order valence-corrected chi connectivity index (χ3v) is 8.01. The van der Waals surface area contributed by atoms with Gasteiger partial charge in [-0.05, 0) is 32.6 Å². The molecule has 1 aliphatic heterocycles. The van der Waals surface area contributed by atoms with Crippen LogP contribution in [0.3, 0.4) is 0 Å².